The number of aryl methyl sites for hydroxylation is 1. The Morgan fingerprint density at radius 2 is 2.24 bits per heavy atom. The van der Waals surface area contributed by atoms with Crippen LogP contribution >= 0.6 is 31.9 Å². The molecule has 2 rings (SSSR count). The summed E-state index contributed by atoms with van der Waals surface area (Å²) in [4.78, 5) is 11.6. The van der Waals surface area contributed by atoms with Gasteiger partial charge in [0.15, 0.2) is 6.61 Å². The number of nitrogens with zero attached hydrogens (tertiary/aromatic N) is 1. The molecule has 0 aliphatic carbocycles. The SMILES string of the molecule is Cc1oc(C=NNC(=O)COc2cccc(Br)c2)cc1Br. The van der Waals surface area contributed by atoms with Crippen LogP contribution in [-0.4, -0.2) is 18.7 Å². The summed E-state index contributed by atoms with van der Waals surface area (Å²) in [6.45, 7) is 1.71. The minimum Gasteiger partial charge on any atom is -0.484 e. The van der Waals surface area contributed by atoms with Gasteiger partial charge in [0.2, 0.25) is 0 Å². The molecule has 0 unspecified atom stereocenters. The highest BCUT2D eigenvalue weighted by atomic mass is 79.9. The molecule has 1 aromatic heterocycles. The Kier molecular flexibility index (Phi) is 5.58. The number of hydrogen-bond acceptors (Lipinski definition) is 4. The highest BCUT2D eigenvalue weighted by molar-refractivity contribution is 9.10. The molecule has 1 aromatic carbocycles. The highest BCUT2D eigenvalue weighted by Gasteiger charge is 2.03. The summed E-state index contributed by atoms with van der Waals surface area (Å²) >= 11 is 6.65. The number of furan rings is 1. The zero-order chi connectivity index (χ0) is 15.2. The number of ether oxygens (including phenoxy) is 1. The second kappa shape index (κ2) is 7.42. The van der Waals surface area contributed by atoms with E-state index in [2.05, 4.69) is 42.4 Å². The molecule has 0 saturated heterocycles. The molecule has 0 atom stereocenters. The van der Waals surface area contributed by atoms with Gasteiger partial charge in [0.25, 0.3) is 5.91 Å². The first-order valence-corrected chi connectivity index (χ1v) is 7.59. The van der Waals surface area contributed by atoms with Crippen molar-refractivity contribution in [3.63, 3.8) is 0 Å². The molecule has 0 fully saturated rings. The van der Waals surface area contributed by atoms with Gasteiger partial charge in [0.1, 0.15) is 17.3 Å². The summed E-state index contributed by atoms with van der Waals surface area (Å²) in [5, 5.41) is 3.80. The molecule has 1 amide bonds. The molecule has 0 radical (unpaired) electrons. The lowest BCUT2D eigenvalue weighted by Gasteiger charge is -2.04. The summed E-state index contributed by atoms with van der Waals surface area (Å²) in [5.41, 5.74) is 2.36. The van der Waals surface area contributed by atoms with Crippen LogP contribution < -0.4 is 10.2 Å². The van der Waals surface area contributed by atoms with Crippen molar-refractivity contribution in [2.75, 3.05) is 6.61 Å². The highest BCUT2D eigenvalue weighted by Crippen LogP contribution is 2.19. The third kappa shape index (κ3) is 5.02. The van der Waals surface area contributed by atoms with Crippen molar-refractivity contribution in [2.45, 2.75) is 6.92 Å². The minimum atomic E-state index is -0.353. The number of halogens is 2. The lowest BCUT2D eigenvalue weighted by atomic mass is 10.3. The van der Waals surface area contributed by atoms with Gasteiger partial charge < -0.3 is 9.15 Å². The molecular formula is C14H12Br2N2O3. The van der Waals surface area contributed by atoms with E-state index in [0.29, 0.717) is 11.5 Å². The van der Waals surface area contributed by atoms with Gasteiger partial charge in [-0.25, -0.2) is 5.43 Å². The van der Waals surface area contributed by atoms with Gasteiger partial charge in [-0.05, 0) is 41.1 Å². The van der Waals surface area contributed by atoms with E-state index in [9.17, 15) is 4.79 Å². The number of amides is 1. The second-order valence-electron chi connectivity index (χ2n) is 4.09. The minimum absolute atomic E-state index is 0.116. The summed E-state index contributed by atoms with van der Waals surface area (Å²) in [6, 6.07) is 9.01. The molecule has 0 aliphatic heterocycles. The fourth-order valence-corrected chi connectivity index (χ4v) is 2.14. The zero-order valence-electron chi connectivity index (χ0n) is 11.1. The van der Waals surface area contributed by atoms with Gasteiger partial charge >= 0.3 is 0 Å². The van der Waals surface area contributed by atoms with Crippen LogP contribution in [0.2, 0.25) is 0 Å². The molecule has 21 heavy (non-hydrogen) atoms. The van der Waals surface area contributed by atoms with E-state index in [1.807, 2.05) is 19.1 Å². The molecule has 1 heterocycles. The first kappa shape index (κ1) is 15.8. The third-order valence-electron chi connectivity index (χ3n) is 2.42. The van der Waals surface area contributed by atoms with Crippen LogP contribution in [0.25, 0.3) is 0 Å². The quantitative estimate of drug-likeness (QED) is 0.598. The topological polar surface area (TPSA) is 63.8 Å². The largest absolute Gasteiger partial charge is 0.484 e. The van der Waals surface area contributed by atoms with Crippen molar-refractivity contribution in [2.24, 2.45) is 5.10 Å². The Hall–Kier alpha value is -1.60. The maximum atomic E-state index is 11.6. The standard InChI is InChI=1S/C14H12Br2N2O3/c1-9-13(16)6-12(21-9)7-17-18-14(19)8-20-11-4-2-3-10(15)5-11/h2-7H,8H2,1H3,(H,18,19). The number of nitrogens with one attached hydrogen (secondary N) is 1. The Bertz CT molecular complexity index is 648. The van der Waals surface area contributed by atoms with Gasteiger partial charge in [0.05, 0.1) is 10.7 Å². The van der Waals surface area contributed by atoms with Crippen LogP contribution in [0.5, 0.6) is 5.75 Å². The molecule has 5 nitrogen and oxygen atoms in total. The van der Waals surface area contributed by atoms with E-state index in [1.54, 1.807) is 18.2 Å². The van der Waals surface area contributed by atoms with Crippen molar-refractivity contribution in [1.82, 2.24) is 5.43 Å². The lowest BCUT2D eigenvalue weighted by molar-refractivity contribution is -0.123. The van der Waals surface area contributed by atoms with Crippen LogP contribution in [0, 0.1) is 6.92 Å². The van der Waals surface area contributed by atoms with Crippen LogP contribution in [0.1, 0.15) is 11.5 Å². The van der Waals surface area contributed by atoms with Crippen LogP contribution in [0.4, 0.5) is 0 Å². The predicted octanol–water partition coefficient (Wildman–Crippen LogP) is 3.64. The number of hydrogen-bond donors (Lipinski definition) is 1. The summed E-state index contributed by atoms with van der Waals surface area (Å²) in [5.74, 6) is 1.55. The fourth-order valence-electron chi connectivity index (χ4n) is 1.45. The zero-order valence-corrected chi connectivity index (χ0v) is 14.3. The van der Waals surface area contributed by atoms with Crippen LogP contribution in [0.3, 0.4) is 0 Å². The molecule has 0 spiro atoms. The van der Waals surface area contributed by atoms with E-state index in [1.165, 1.54) is 6.21 Å². The fraction of sp³-hybridized carbons (Fsp3) is 0.143. The third-order valence-corrected chi connectivity index (χ3v) is 3.70. The van der Waals surface area contributed by atoms with Gasteiger partial charge in [-0.1, -0.05) is 22.0 Å². The number of benzene rings is 1. The molecule has 2 aromatic rings. The Labute approximate surface area is 138 Å². The van der Waals surface area contributed by atoms with Crippen molar-refractivity contribution in [3.8, 4) is 5.75 Å². The Balaban J connectivity index is 1.79. The van der Waals surface area contributed by atoms with Gasteiger partial charge in [-0.2, -0.15) is 5.10 Å². The van der Waals surface area contributed by atoms with Gasteiger partial charge in [-0.3, -0.25) is 4.79 Å². The lowest BCUT2D eigenvalue weighted by Crippen LogP contribution is -2.24. The molecular weight excluding hydrogens is 404 g/mol. The molecule has 0 bridgehead atoms. The van der Waals surface area contributed by atoms with Crippen molar-refractivity contribution in [1.29, 1.82) is 0 Å². The average molecular weight is 416 g/mol. The average Bonchev–Trinajstić information content (AvgIpc) is 2.75. The number of carbonyl (C=O) groups excluding carboxylic acids is 1. The van der Waals surface area contributed by atoms with Crippen molar-refractivity contribution in [3.05, 3.63) is 50.8 Å². The smallest absolute Gasteiger partial charge is 0.277 e. The molecule has 1 N–H and O–H groups in total. The number of rotatable bonds is 5. The van der Waals surface area contributed by atoms with Crippen molar-refractivity contribution >= 4 is 44.0 Å². The molecule has 110 valence electrons. The van der Waals surface area contributed by atoms with E-state index >= 15 is 0 Å². The predicted molar refractivity (Wildman–Crippen MR) is 86.5 cm³/mol. The van der Waals surface area contributed by atoms with Gasteiger partial charge in [-0.15, -0.1) is 0 Å². The van der Waals surface area contributed by atoms with E-state index in [4.69, 9.17) is 9.15 Å². The normalized spacial score (nSPS) is 10.8. The number of hydrazone groups is 1. The molecule has 0 saturated carbocycles. The van der Waals surface area contributed by atoms with Crippen LogP contribution in [-0.2, 0) is 4.79 Å². The van der Waals surface area contributed by atoms with E-state index in [-0.39, 0.29) is 12.5 Å². The maximum absolute atomic E-state index is 11.6. The monoisotopic (exact) mass is 414 g/mol. The van der Waals surface area contributed by atoms with E-state index < -0.39 is 0 Å². The van der Waals surface area contributed by atoms with Crippen molar-refractivity contribution < 1.29 is 13.9 Å². The first-order valence-electron chi connectivity index (χ1n) is 6.01. The second-order valence-corrected chi connectivity index (χ2v) is 5.86. The summed E-state index contributed by atoms with van der Waals surface area (Å²) < 4.78 is 12.4. The summed E-state index contributed by atoms with van der Waals surface area (Å²) in [7, 11) is 0. The number of carbonyl (C=O) groups is 1. The molecule has 0 aliphatic rings. The Morgan fingerprint density at radius 1 is 1.43 bits per heavy atom. The Morgan fingerprint density at radius 3 is 2.90 bits per heavy atom. The van der Waals surface area contributed by atoms with Crippen LogP contribution in [0.15, 0.2) is 48.8 Å². The molecule has 7 heteroatoms. The van der Waals surface area contributed by atoms with Gasteiger partial charge in [0, 0.05) is 10.5 Å². The first-order chi connectivity index (χ1) is 10.0. The maximum Gasteiger partial charge on any atom is 0.277 e. The van der Waals surface area contributed by atoms with E-state index in [0.717, 1.165) is 14.7 Å². The summed E-state index contributed by atoms with van der Waals surface area (Å²) in [6.07, 6.45) is 1.43.